The van der Waals surface area contributed by atoms with Crippen LogP contribution in [0.4, 0.5) is 15.8 Å². The van der Waals surface area contributed by atoms with Gasteiger partial charge in [-0.15, -0.1) is 0 Å². The summed E-state index contributed by atoms with van der Waals surface area (Å²) in [6, 6.07) is 4.73. The Kier molecular flexibility index (Phi) is 3.14. The number of amides is 1. The molecule has 2 bridgehead atoms. The lowest BCUT2D eigenvalue weighted by molar-refractivity contribution is -0.117. The van der Waals surface area contributed by atoms with Gasteiger partial charge < -0.3 is 11.1 Å². The van der Waals surface area contributed by atoms with E-state index < -0.39 is 5.82 Å². The Bertz CT molecular complexity index is 505. The molecule has 1 heterocycles. The number of likely N-dealkylation sites (tertiary alicyclic amines) is 1. The molecule has 102 valence electrons. The number of hydrogen-bond acceptors (Lipinski definition) is 3. The van der Waals surface area contributed by atoms with Crippen LogP contribution in [0.1, 0.15) is 19.3 Å². The highest BCUT2D eigenvalue weighted by atomic mass is 19.1. The fourth-order valence-electron chi connectivity index (χ4n) is 3.23. The van der Waals surface area contributed by atoms with Gasteiger partial charge in [0, 0.05) is 18.3 Å². The third-order valence-corrected chi connectivity index (χ3v) is 4.13. The van der Waals surface area contributed by atoms with Gasteiger partial charge in [0.2, 0.25) is 5.91 Å². The number of benzene rings is 1. The second-order valence-electron chi connectivity index (χ2n) is 5.55. The molecule has 1 aliphatic carbocycles. The van der Waals surface area contributed by atoms with E-state index in [4.69, 9.17) is 5.73 Å². The Hall–Kier alpha value is -1.62. The maximum Gasteiger partial charge on any atom is 0.238 e. The van der Waals surface area contributed by atoms with E-state index in [0.717, 1.165) is 12.5 Å². The van der Waals surface area contributed by atoms with E-state index in [1.54, 1.807) is 0 Å². The van der Waals surface area contributed by atoms with Crippen LogP contribution in [0.15, 0.2) is 18.2 Å². The van der Waals surface area contributed by atoms with Gasteiger partial charge in [0.1, 0.15) is 5.82 Å². The first-order valence-electron chi connectivity index (χ1n) is 6.71. The van der Waals surface area contributed by atoms with Crippen molar-refractivity contribution in [1.29, 1.82) is 0 Å². The number of halogens is 1. The number of nitrogens with one attached hydrogen (secondary N) is 1. The summed E-state index contributed by atoms with van der Waals surface area (Å²) >= 11 is 0. The molecule has 0 aromatic heterocycles. The van der Waals surface area contributed by atoms with Gasteiger partial charge in [-0.25, -0.2) is 4.39 Å². The van der Waals surface area contributed by atoms with Gasteiger partial charge in [0.25, 0.3) is 0 Å². The normalized spacial score (nSPS) is 25.7. The van der Waals surface area contributed by atoms with Crippen LogP contribution in [0.5, 0.6) is 0 Å². The highest BCUT2D eigenvalue weighted by Gasteiger charge is 2.38. The highest BCUT2D eigenvalue weighted by Crippen LogP contribution is 2.37. The van der Waals surface area contributed by atoms with Crippen molar-refractivity contribution in [3.63, 3.8) is 0 Å². The fourth-order valence-corrected chi connectivity index (χ4v) is 3.23. The Balaban J connectivity index is 1.61. The van der Waals surface area contributed by atoms with Gasteiger partial charge in [0.05, 0.1) is 12.2 Å². The third-order valence-electron chi connectivity index (χ3n) is 4.13. The largest absolute Gasteiger partial charge is 0.399 e. The molecule has 2 aliphatic rings. The molecule has 0 radical (unpaired) electrons. The molecule has 3 N–H and O–H groups in total. The van der Waals surface area contributed by atoms with Gasteiger partial charge >= 0.3 is 0 Å². The number of nitrogens with zero attached hydrogens (tertiary/aromatic N) is 1. The molecule has 1 saturated carbocycles. The molecular formula is C14H18FN3O. The summed E-state index contributed by atoms with van der Waals surface area (Å²) in [6.07, 6.45) is 3.68. The van der Waals surface area contributed by atoms with Crippen molar-refractivity contribution < 1.29 is 9.18 Å². The Morgan fingerprint density at radius 1 is 1.47 bits per heavy atom. The number of rotatable bonds is 3. The maximum atomic E-state index is 13.5. The summed E-state index contributed by atoms with van der Waals surface area (Å²) in [5.41, 5.74) is 6.19. The summed E-state index contributed by atoms with van der Waals surface area (Å²) in [6.45, 7) is 1.34. The zero-order valence-corrected chi connectivity index (χ0v) is 10.7. The molecule has 2 fully saturated rings. The molecule has 4 nitrogen and oxygen atoms in total. The smallest absolute Gasteiger partial charge is 0.238 e. The van der Waals surface area contributed by atoms with E-state index >= 15 is 0 Å². The highest BCUT2D eigenvalue weighted by molar-refractivity contribution is 5.92. The minimum Gasteiger partial charge on any atom is -0.399 e. The Morgan fingerprint density at radius 3 is 3.00 bits per heavy atom. The number of anilines is 2. The van der Waals surface area contributed by atoms with Gasteiger partial charge in [-0.2, -0.15) is 0 Å². The number of nitrogens with two attached hydrogens (primary N) is 1. The molecule has 2 atom stereocenters. The summed E-state index contributed by atoms with van der Waals surface area (Å²) in [5.74, 6) is 0.129. The van der Waals surface area contributed by atoms with Crippen molar-refractivity contribution in [2.24, 2.45) is 5.92 Å². The van der Waals surface area contributed by atoms with Gasteiger partial charge in [0.15, 0.2) is 0 Å². The Labute approximate surface area is 111 Å². The summed E-state index contributed by atoms with van der Waals surface area (Å²) < 4.78 is 13.5. The minimum absolute atomic E-state index is 0.161. The molecule has 19 heavy (non-hydrogen) atoms. The molecular weight excluding hydrogens is 245 g/mol. The standard InChI is InChI=1S/C14H18FN3O/c15-12-4-2-10(16)6-13(12)17-14(19)8-18-7-9-1-3-11(18)5-9/h2,4,6,9,11H,1,3,5,7-8,16H2,(H,17,19). The van der Waals surface area contributed by atoms with E-state index in [2.05, 4.69) is 10.2 Å². The lowest BCUT2D eigenvalue weighted by atomic mass is 10.1. The molecule has 3 rings (SSSR count). The zero-order valence-electron chi connectivity index (χ0n) is 10.7. The van der Waals surface area contributed by atoms with Crippen LogP contribution in [0.3, 0.4) is 0 Å². The molecule has 1 aliphatic heterocycles. The molecule has 0 spiro atoms. The molecule has 5 heteroatoms. The average molecular weight is 263 g/mol. The van der Waals surface area contributed by atoms with Crippen LogP contribution in [-0.4, -0.2) is 29.9 Å². The van der Waals surface area contributed by atoms with E-state index in [-0.39, 0.29) is 11.6 Å². The summed E-state index contributed by atoms with van der Waals surface area (Å²) in [7, 11) is 0. The van der Waals surface area contributed by atoms with Crippen molar-refractivity contribution in [3.05, 3.63) is 24.0 Å². The van der Waals surface area contributed by atoms with Gasteiger partial charge in [-0.05, 0) is 43.4 Å². The quantitative estimate of drug-likeness (QED) is 0.818. The van der Waals surface area contributed by atoms with E-state index in [1.807, 2.05) is 0 Å². The predicted molar refractivity (Wildman–Crippen MR) is 72.1 cm³/mol. The molecule has 1 amide bonds. The van der Waals surface area contributed by atoms with Crippen molar-refractivity contribution in [1.82, 2.24) is 4.90 Å². The van der Waals surface area contributed by atoms with Crippen LogP contribution in [0, 0.1) is 11.7 Å². The summed E-state index contributed by atoms with van der Waals surface area (Å²) in [5, 5.41) is 2.60. The predicted octanol–water partition coefficient (Wildman–Crippen LogP) is 1.83. The first-order chi connectivity index (χ1) is 9.11. The second kappa shape index (κ2) is 4.81. The zero-order chi connectivity index (χ0) is 13.4. The SMILES string of the molecule is Nc1ccc(F)c(NC(=O)CN2CC3CCC2C3)c1. The Morgan fingerprint density at radius 2 is 2.32 bits per heavy atom. The fraction of sp³-hybridized carbons (Fsp3) is 0.500. The number of nitrogen functional groups attached to an aromatic ring is 1. The minimum atomic E-state index is -0.453. The number of hydrogen-bond donors (Lipinski definition) is 2. The molecule has 2 unspecified atom stereocenters. The van der Waals surface area contributed by atoms with Crippen LogP contribution >= 0.6 is 0 Å². The van der Waals surface area contributed by atoms with Crippen LogP contribution in [0.25, 0.3) is 0 Å². The lowest BCUT2D eigenvalue weighted by Gasteiger charge is -2.25. The number of carbonyl (C=O) groups excluding carboxylic acids is 1. The van der Waals surface area contributed by atoms with Crippen molar-refractivity contribution >= 4 is 17.3 Å². The lowest BCUT2D eigenvalue weighted by Crippen LogP contribution is -2.38. The average Bonchev–Trinajstić information content (AvgIpc) is 2.96. The number of fused-ring (bicyclic) bond motifs is 2. The molecule has 1 aromatic rings. The van der Waals surface area contributed by atoms with E-state index in [1.165, 1.54) is 37.5 Å². The molecule has 1 saturated heterocycles. The number of piperidine rings is 1. The van der Waals surface area contributed by atoms with Crippen LogP contribution < -0.4 is 11.1 Å². The van der Waals surface area contributed by atoms with Crippen LogP contribution in [-0.2, 0) is 4.79 Å². The monoisotopic (exact) mass is 263 g/mol. The van der Waals surface area contributed by atoms with Crippen molar-refractivity contribution in [3.8, 4) is 0 Å². The first kappa shape index (κ1) is 12.4. The number of carbonyl (C=O) groups is 1. The topological polar surface area (TPSA) is 58.4 Å². The van der Waals surface area contributed by atoms with Crippen LogP contribution in [0.2, 0.25) is 0 Å². The maximum absolute atomic E-state index is 13.5. The van der Waals surface area contributed by atoms with E-state index in [0.29, 0.717) is 18.3 Å². The summed E-state index contributed by atoms with van der Waals surface area (Å²) in [4.78, 5) is 14.2. The van der Waals surface area contributed by atoms with E-state index in [9.17, 15) is 9.18 Å². The van der Waals surface area contributed by atoms with Crippen molar-refractivity contribution in [2.45, 2.75) is 25.3 Å². The van der Waals surface area contributed by atoms with Gasteiger partial charge in [-0.1, -0.05) is 0 Å². The second-order valence-corrected chi connectivity index (χ2v) is 5.55. The van der Waals surface area contributed by atoms with Crippen molar-refractivity contribution in [2.75, 3.05) is 24.1 Å². The molecule has 1 aromatic carbocycles. The van der Waals surface area contributed by atoms with Gasteiger partial charge in [-0.3, -0.25) is 9.69 Å². The third kappa shape index (κ3) is 2.56. The first-order valence-corrected chi connectivity index (χ1v) is 6.71.